The minimum absolute atomic E-state index is 0.0420. The second-order valence-corrected chi connectivity index (χ2v) is 6.17. The van der Waals surface area contributed by atoms with E-state index in [0.717, 1.165) is 11.3 Å². The van der Waals surface area contributed by atoms with Crippen molar-refractivity contribution in [2.24, 2.45) is 0 Å². The smallest absolute Gasteiger partial charge is 0.387 e. The predicted molar refractivity (Wildman–Crippen MR) is 102 cm³/mol. The molecule has 1 atom stereocenters. The number of methoxy groups -OCH3 is 2. The normalized spacial score (nSPS) is 15.3. The summed E-state index contributed by atoms with van der Waals surface area (Å²) in [6.45, 7) is -3.00. The number of para-hydroxylation sites is 1. The highest BCUT2D eigenvalue weighted by atomic mass is 19.3. The van der Waals surface area contributed by atoms with Gasteiger partial charge in [-0.2, -0.15) is 18.9 Å². The first-order valence-corrected chi connectivity index (χ1v) is 8.75. The van der Waals surface area contributed by atoms with Gasteiger partial charge in [-0.1, -0.05) is 24.3 Å². The number of halogens is 2. The average molecular weight is 400 g/mol. The lowest BCUT2D eigenvalue weighted by Gasteiger charge is -2.26. The Labute approximate surface area is 165 Å². The quantitative estimate of drug-likeness (QED) is 0.676. The molecule has 0 unspecified atom stereocenters. The van der Waals surface area contributed by atoms with Crippen LogP contribution in [0.3, 0.4) is 0 Å². The number of aromatic nitrogens is 3. The molecular weight excluding hydrogens is 382 g/mol. The highest BCUT2D eigenvalue weighted by Gasteiger charge is 2.28. The molecule has 0 amide bonds. The zero-order chi connectivity index (χ0) is 20.4. The molecule has 0 radical (unpaired) electrons. The van der Waals surface area contributed by atoms with E-state index in [2.05, 4.69) is 15.4 Å². The Morgan fingerprint density at radius 3 is 2.69 bits per heavy atom. The zero-order valence-electron chi connectivity index (χ0n) is 15.7. The molecule has 7 nitrogen and oxygen atoms in total. The average Bonchev–Trinajstić information content (AvgIpc) is 3.21. The summed E-state index contributed by atoms with van der Waals surface area (Å²) in [7, 11) is 2.99. The summed E-state index contributed by atoms with van der Waals surface area (Å²) in [6.07, 6.45) is 3.26. The van der Waals surface area contributed by atoms with Crippen LogP contribution < -0.4 is 19.5 Å². The van der Waals surface area contributed by atoms with Gasteiger partial charge in [0.05, 0.1) is 14.2 Å². The van der Waals surface area contributed by atoms with E-state index in [1.807, 2.05) is 30.3 Å². The van der Waals surface area contributed by atoms with E-state index in [0.29, 0.717) is 17.3 Å². The SMILES string of the molecule is COc1cccc(C2=C[C@@H](c3cccc(OC)c3OC(F)F)n3ncnc3N2)c1. The molecule has 0 saturated carbocycles. The van der Waals surface area contributed by atoms with Gasteiger partial charge >= 0.3 is 6.61 Å². The lowest BCUT2D eigenvalue weighted by Crippen LogP contribution is -2.21. The molecule has 1 N–H and O–H groups in total. The number of anilines is 1. The van der Waals surface area contributed by atoms with E-state index in [9.17, 15) is 8.78 Å². The van der Waals surface area contributed by atoms with Crippen molar-refractivity contribution >= 4 is 11.6 Å². The number of fused-ring (bicyclic) bond motifs is 1. The Balaban J connectivity index is 1.85. The maximum absolute atomic E-state index is 13.1. The van der Waals surface area contributed by atoms with Crippen molar-refractivity contribution < 1.29 is 23.0 Å². The molecule has 29 heavy (non-hydrogen) atoms. The molecule has 9 heteroatoms. The molecule has 150 valence electrons. The Morgan fingerprint density at radius 2 is 1.93 bits per heavy atom. The fraction of sp³-hybridized carbons (Fsp3) is 0.200. The van der Waals surface area contributed by atoms with Gasteiger partial charge in [-0.25, -0.2) is 4.68 Å². The molecule has 0 fully saturated rings. The van der Waals surface area contributed by atoms with Gasteiger partial charge in [0.15, 0.2) is 11.5 Å². The van der Waals surface area contributed by atoms with Gasteiger partial charge in [0.1, 0.15) is 18.1 Å². The molecular formula is C20H18F2N4O3. The molecule has 0 bridgehead atoms. The molecule has 2 heterocycles. The molecule has 0 saturated heterocycles. The lowest BCUT2D eigenvalue weighted by molar-refractivity contribution is -0.0520. The molecule has 1 aliphatic heterocycles. The Kier molecular flexibility index (Phi) is 5.03. The van der Waals surface area contributed by atoms with Crippen LogP contribution in [0.1, 0.15) is 17.2 Å². The van der Waals surface area contributed by atoms with Crippen LogP contribution in [0.15, 0.2) is 54.9 Å². The van der Waals surface area contributed by atoms with Gasteiger partial charge in [0.2, 0.25) is 5.95 Å². The molecule has 2 aromatic carbocycles. The van der Waals surface area contributed by atoms with Crippen LogP contribution in [-0.4, -0.2) is 35.6 Å². The first kappa shape index (κ1) is 18.7. The van der Waals surface area contributed by atoms with Crippen LogP contribution in [0.4, 0.5) is 14.7 Å². The summed E-state index contributed by atoms with van der Waals surface area (Å²) in [5.74, 6) is 1.33. The topological polar surface area (TPSA) is 70.4 Å². The van der Waals surface area contributed by atoms with Crippen molar-refractivity contribution in [1.29, 1.82) is 0 Å². The van der Waals surface area contributed by atoms with Crippen LogP contribution >= 0.6 is 0 Å². The van der Waals surface area contributed by atoms with Crippen molar-refractivity contribution in [3.63, 3.8) is 0 Å². The highest BCUT2D eigenvalue weighted by molar-refractivity contribution is 5.78. The van der Waals surface area contributed by atoms with Crippen molar-refractivity contribution in [2.75, 3.05) is 19.5 Å². The number of allylic oxidation sites excluding steroid dienone is 1. The maximum Gasteiger partial charge on any atom is 0.387 e. The van der Waals surface area contributed by atoms with E-state index in [1.54, 1.807) is 30.0 Å². The third kappa shape index (κ3) is 3.58. The second-order valence-electron chi connectivity index (χ2n) is 6.17. The van der Waals surface area contributed by atoms with Crippen molar-refractivity contribution in [1.82, 2.24) is 14.8 Å². The summed E-state index contributed by atoms with van der Waals surface area (Å²) >= 11 is 0. The molecule has 3 aromatic rings. The number of benzene rings is 2. The number of alkyl halides is 2. The minimum Gasteiger partial charge on any atom is -0.497 e. The van der Waals surface area contributed by atoms with Crippen LogP contribution in [-0.2, 0) is 0 Å². The summed E-state index contributed by atoms with van der Waals surface area (Å²) in [4.78, 5) is 4.23. The third-order valence-corrected chi connectivity index (χ3v) is 4.54. The third-order valence-electron chi connectivity index (χ3n) is 4.54. The van der Waals surface area contributed by atoms with Gasteiger partial charge in [0, 0.05) is 16.8 Å². The summed E-state index contributed by atoms with van der Waals surface area (Å²) in [6, 6.07) is 11.9. The van der Waals surface area contributed by atoms with Crippen molar-refractivity contribution in [3.05, 3.63) is 66.0 Å². The van der Waals surface area contributed by atoms with E-state index >= 15 is 0 Å². The van der Waals surface area contributed by atoms with E-state index < -0.39 is 12.7 Å². The number of hydrogen-bond acceptors (Lipinski definition) is 6. The van der Waals surface area contributed by atoms with E-state index in [-0.39, 0.29) is 11.5 Å². The number of ether oxygens (including phenoxy) is 3. The van der Waals surface area contributed by atoms with Gasteiger partial charge in [-0.3, -0.25) is 0 Å². The standard InChI is InChI=1S/C20H18F2N4O3/c1-27-13-6-3-5-12(9-13)15-10-16(26-20(25-15)23-11-24-26)14-7-4-8-17(28-2)18(14)29-19(21)22/h3-11,16,19H,1-2H3,(H,23,24,25)/t16-/m0/s1. The monoisotopic (exact) mass is 400 g/mol. The first-order valence-electron chi connectivity index (χ1n) is 8.75. The largest absolute Gasteiger partial charge is 0.497 e. The molecule has 0 spiro atoms. The van der Waals surface area contributed by atoms with E-state index in [4.69, 9.17) is 14.2 Å². The molecule has 1 aromatic heterocycles. The number of nitrogens with zero attached hydrogens (tertiary/aromatic N) is 3. The second kappa shape index (κ2) is 7.78. The fourth-order valence-electron chi connectivity index (χ4n) is 3.26. The number of rotatable bonds is 6. The van der Waals surface area contributed by atoms with Gasteiger partial charge in [-0.05, 0) is 24.3 Å². The minimum atomic E-state index is -3.00. The number of nitrogens with one attached hydrogen (secondary N) is 1. The van der Waals surface area contributed by atoms with Gasteiger partial charge in [0.25, 0.3) is 0 Å². The Bertz CT molecular complexity index is 1050. The van der Waals surface area contributed by atoms with Crippen molar-refractivity contribution in [3.8, 4) is 17.2 Å². The lowest BCUT2D eigenvalue weighted by atomic mass is 10.0. The zero-order valence-corrected chi connectivity index (χ0v) is 15.7. The highest BCUT2D eigenvalue weighted by Crippen LogP contribution is 2.41. The van der Waals surface area contributed by atoms with Gasteiger partial charge < -0.3 is 19.5 Å². The maximum atomic E-state index is 13.1. The Hall–Kier alpha value is -3.62. The Morgan fingerprint density at radius 1 is 1.10 bits per heavy atom. The van der Waals surface area contributed by atoms with Crippen LogP contribution in [0.25, 0.3) is 5.70 Å². The molecule has 4 rings (SSSR count). The fourth-order valence-corrected chi connectivity index (χ4v) is 3.26. The van der Waals surface area contributed by atoms with Crippen LogP contribution in [0.2, 0.25) is 0 Å². The van der Waals surface area contributed by atoms with Crippen LogP contribution in [0.5, 0.6) is 17.2 Å². The number of hydrogen-bond donors (Lipinski definition) is 1. The van der Waals surface area contributed by atoms with E-state index in [1.165, 1.54) is 13.4 Å². The van der Waals surface area contributed by atoms with Gasteiger partial charge in [-0.15, -0.1) is 0 Å². The first-order chi connectivity index (χ1) is 14.1. The molecule has 0 aliphatic carbocycles. The summed E-state index contributed by atoms with van der Waals surface area (Å²) in [5.41, 5.74) is 2.06. The summed E-state index contributed by atoms with van der Waals surface area (Å²) in [5, 5.41) is 7.45. The predicted octanol–water partition coefficient (Wildman–Crippen LogP) is 3.95. The molecule has 1 aliphatic rings. The van der Waals surface area contributed by atoms with Crippen molar-refractivity contribution in [2.45, 2.75) is 12.7 Å². The van der Waals surface area contributed by atoms with Crippen LogP contribution in [0, 0.1) is 0 Å². The summed E-state index contributed by atoms with van der Waals surface area (Å²) < 4.78 is 43.1.